The molecular formula is C65H126O17P2. The average molecular weight is 1240 g/mol. The van der Waals surface area contributed by atoms with Gasteiger partial charge in [0.25, 0.3) is 0 Å². The molecule has 3 N–H and O–H groups in total. The van der Waals surface area contributed by atoms with Crippen LogP contribution in [0, 0.1) is 23.7 Å². The number of esters is 4. The molecule has 0 aliphatic rings. The van der Waals surface area contributed by atoms with Gasteiger partial charge in [0.1, 0.15) is 19.3 Å². The van der Waals surface area contributed by atoms with Crippen molar-refractivity contribution in [1.82, 2.24) is 0 Å². The summed E-state index contributed by atoms with van der Waals surface area (Å²) in [6, 6.07) is 0. The molecule has 0 rings (SSSR count). The van der Waals surface area contributed by atoms with Crippen LogP contribution in [0.5, 0.6) is 0 Å². The molecule has 0 aromatic heterocycles. The fraction of sp³-hybridized carbons (Fsp3) is 0.938. The van der Waals surface area contributed by atoms with Gasteiger partial charge in [0, 0.05) is 25.7 Å². The first-order chi connectivity index (χ1) is 40.1. The van der Waals surface area contributed by atoms with Gasteiger partial charge in [-0.1, -0.05) is 261 Å². The smallest absolute Gasteiger partial charge is 0.462 e. The predicted molar refractivity (Wildman–Crippen MR) is 335 cm³/mol. The molecule has 0 saturated carbocycles. The van der Waals surface area contributed by atoms with E-state index >= 15 is 0 Å². The monoisotopic (exact) mass is 1240 g/mol. The van der Waals surface area contributed by atoms with E-state index in [0.29, 0.717) is 37.5 Å². The van der Waals surface area contributed by atoms with E-state index in [1.54, 1.807) is 0 Å². The highest BCUT2D eigenvalue weighted by Crippen LogP contribution is 2.45. The van der Waals surface area contributed by atoms with Gasteiger partial charge in [0.05, 0.1) is 26.4 Å². The third-order valence-corrected chi connectivity index (χ3v) is 16.7. The van der Waals surface area contributed by atoms with Crippen molar-refractivity contribution in [3.05, 3.63) is 0 Å². The van der Waals surface area contributed by atoms with Crippen LogP contribution in [0.2, 0.25) is 0 Å². The summed E-state index contributed by atoms with van der Waals surface area (Å²) < 4.78 is 68.0. The summed E-state index contributed by atoms with van der Waals surface area (Å²) in [5, 5.41) is 10.5. The third-order valence-electron chi connectivity index (χ3n) is 14.8. The van der Waals surface area contributed by atoms with Crippen molar-refractivity contribution in [3.63, 3.8) is 0 Å². The fourth-order valence-corrected chi connectivity index (χ4v) is 11.2. The fourth-order valence-electron chi connectivity index (χ4n) is 9.61. The van der Waals surface area contributed by atoms with E-state index in [-0.39, 0.29) is 25.7 Å². The van der Waals surface area contributed by atoms with E-state index in [1.807, 2.05) is 0 Å². The number of ether oxygens (including phenoxy) is 4. The van der Waals surface area contributed by atoms with Crippen molar-refractivity contribution in [3.8, 4) is 0 Å². The number of hydrogen-bond donors (Lipinski definition) is 3. The molecule has 0 amide bonds. The Hall–Kier alpha value is -1.94. The molecule has 498 valence electrons. The Morgan fingerprint density at radius 2 is 0.500 bits per heavy atom. The minimum Gasteiger partial charge on any atom is -0.462 e. The van der Waals surface area contributed by atoms with Crippen LogP contribution in [0.4, 0.5) is 0 Å². The van der Waals surface area contributed by atoms with Crippen LogP contribution in [-0.4, -0.2) is 96.7 Å². The summed E-state index contributed by atoms with van der Waals surface area (Å²) in [7, 11) is -9.89. The van der Waals surface area contributed by atoms with Crippen LogP contribution in [0.1, 0.15) is 312 Å². The third kappa shape index (κ3) is 59.0. The second-order valence-electron chi connectivity index (χ2n) is 25.4. The highest BCUT2D eigenvalue weighted by molar-refractivity contribution is 7.47. The second-order valence-corrected chi connectivity index (χ2v) is 28.3. The van der Waals surface area contributed by atoms with Crippen LogP contribution < -0.4 is 0 Å². The van der Waals surface area contributed by atoms with E-state index in [0.717, 1.165) is 108 Å². The molecule has 0 spiro atoms. The van der Waals surface area contributed by atoms with Crippen molar-refractivity contribution in [1.29, 1.82) is 0 Å². The lowest BCUT2D eigenvalue weighted by molar-refractivity contribution is -0.161. The summed E-state index contributed by atoms with van der Waals surface area (Å²) >= 11 is 0. The maximum atomic E-state index is 13.0. The zero-order chi connectivity index (χ0) is 62.5. The van der Waals surface area contributed by atoms with E-state index in [4.69, 9.17) is 37.0 Å². The normalized spacial score (nSPS) is 14.4. The lowest BCUT2D eigenvalue weighted by atomic mass is 10.0. The van der Waals surface area contributed by atoms with E-state index in [1.165, 1.54) is 109 Å². The molecule has 0 heterocycles. The molecule has 17 nitrogen and oxygen atoms in total. The molecule has 0 aliphatic carbocycles. The first-order valence-electron chi connectivity index (χ1n) is 33.7. The van der Waals surface area contributed by atoms with Gasteiger partial charge in [-0.2, -0.15) is 0 Å². The first-order valence-corrected chi connectivity index (χ1v) is 36.7. The summed E-state index contributed by atoms with van der Waals surface area (Å²) in [6.07, 6.45) is 35.1. The Morgan fingerprint density at radius 1 is 0.298 bits per heavy atom. The topological polar surface area (TPSA) is 237 Å². The Balaban J connectivity index is 5.24. The SMILES string of the molecule is CC(C)CCCCCCCCCCCCC(=O)O[C@H](COC(=O)CCCCCCCCC(C)C)COP(=O)(O)OC[C@H](O)COP(=O)(O)OC[C@@H](COC(=O)CCCCCCCCCCCC(C)C)OC(=O)CCCCCCCCCC(C)C. The van der Waals surface area contributed by atoms with Gasteiger partial charge in [-0.05, 0) is 49.4 Å². The molecule has 0 aromatic carbocycles. The largest absolute Gasteiger partial charge is 0.472 e. The quantitative estimate of drug-likeness (QED) is 0.0222. The van der Waals surface area contributed by atoms with Gasteiger partial charge in [-0.25, -0.2) is 9.13 Å². The van der Waals surface area contributed by atoms with Crippen LogP contribution >= 0.6 is 15.6 Å². The Morgan fingerprint density at radius 3 is 0.738 bits per heavy atom. The number of carbonyl (C=O) groups is 4. The minimum absolute atomic E-state index is 0.102. The van der Waals surface area contributed by atoms with Crippen LogP contribution in [-0.2, 0) is 65.4 Å². The van der Waals surface area contributed by atoms with Gasteiger partial charge < -0.3 is 33.8 Å². The number of aliphatic hydroxyl groups excluding tert-OH is 1. The molecule has 2 unspecified atom stereocenters. The van der Waals surface area contributed by atoms with Crippen molar-refractivity contribution in [2.45, 2.75) is 331 Å². The van der Waals surface area contributed by atoms with Crippen molar-refractivity contribution >= 4 is 39.5 Å². The van der Waals surface area contributed by atoms with Crippen LogP contribution in [0.15, 0.2) is 0 Å². The molecule has 0 aromatic rings. The standard InChI is InChI=1S/C65H126O17P2/c1-55(2)41-33-25-17-12-9-10-14-21-31-39-47-64(69)81-61(52-76-63(68)46-38-30-24-23-28-36-44-58(7)8)54-80-84(73,74)78-50-59(66)49-77-83(71,72)79-53-60(82-65(70)48-40-32-22-16-19-27-35-43-57(5)6)51-75-62(67)45-37-29-20-15-11-13-18-26-34-42-56(3)4/h55-61,66H,9-54H2,1-8H3,(H,71,72)(H,73,74)/t59-,60-,61-/m1/s1. The van der Waals surface area contributed by atoms with Crippen molar-refractivity contribution < 1.29 is 80.2 Å². The Kier molecular flexibility index (Phi) is 53.9. The molecule has 0 radical (unpaired) electrons. The predicted octanol–water partition coefficient (Wildman–Crippen LogP) is 17.8. The highest BCUT2D eigenvalue weighted by Gasteiger charge is 2.30. The number of phosphoric ester groups is 2. The zero-order valence-corrected chi connectivity index (χ0v) is 56.3. The van der Waals surface area contributed by atoms with E-state index < -0.39 is 97.5 Å². The highest BCUT2D eigenvalue weighted by atomic mass is 31.2. The number of carbonyl (C=O) groups excluding carboxylic acids is 4. The molecular weight excluding hydrogens is 1110 g/mol. The first kappa shape index (κ1) is 82.1. The van der Waals surface area contributed by atoms with Crippen molar-refractivity contribution in [2.24, 2.45) is 23.7 Å². The summed E-state index contributed by atoms with van der Waals surface area (Å²) in [5.41, 5.74) is 0. The maximum absolute atomic E-state index is 13.0. The molecule has 5 atom stereocenters. The molecule has 84 heavy (non-hydrogen) atoms. The number of rotatable bonds is 62. The average Bonchev–Trinajstić information content (AvgIpc) is 3.53. The van der Waals surface area contributed by atoms with Crippen LogP contribution in [0.3, 0.4) is 0 Å². The number of aliphatic hydroxyl groups is 1. The molecule has 19 heteroatoms. The number of phosphoric acid groups is 2. The minimum atomic E-state index is -4.95. The van der Waals surface area contributed by atoms with Gasteiger partial charge in [0.15, 0.2) is 12.2 Å². The zero-order valence-electron chi connectivity index (χ0n) is 54.5. The molecule has 0 bridgehead atoms. The summed E-state index contributed by atoms with van der Waals surface area (Å²) in [4.78, 5) is 72.2. The second kappa shape index (κ2) is 55.2. The molecule has 0 saturated heterocycles. The summed E-state index contributed by atoms with van der Waals surface area (Å²) in [6.45, 7) is 13.9. The Bertz CT molecular complexity index is 1650. The Labute approximate surface area is 511 Å². The number of hydrogen-bond acceptors (Lipinski definition) is 15. The van der Waals surface area contributed by atoms with Gasteiger partial charge in [0.2, 0.25) is 0 Å². The van der Waals surface area contributed by atoms with Gasteiger partial charge in [-0.3, -0.25) is 37.3 Å². The van der Waals surface area contributed by atoms with E-state index in [9.17, 15) is 43.2 Å². The van der Waals surface area contributed by atoms with Crippen molar-refractivity contribution in [2.75, 3.05) is 39.6 Å². The summed E-state index contributed by atoms with van der Waals surface area (Å²) in [5.74, 6) is 0.731. The lowest BCUT2D eigenvalue weighted by Gasteiger charge is -2.21. The molecule has 0 aliphatic heterocycles. The lowest BCUT2D eigenvalue weighted by Crippen LogP contribution is -2.30. The maximum Gasteiger partial charge on any atom is 0.472 e. The molecule has 0 fully saturated rings. The van der Waals surface area contributed by atoms with Gasteiger partial charge in [-0.15, -0.1) is 0 Å². The van der Waals surface area contributed by atoms with Gasteiger partial charge >= 0.3 is 39.5 Å². The van der Waals surface area contributed by atoms with E-state index in [2.05, 4.69) is 55.4 Å². The number of unbranched alkanes of at least 4 members (excludes halogenated alkanes) is 28. The van der Waals surface area contributed by atoms with Crippen LogP contribution in [0.25, 0.3) is 0 Å².